The lowest BCUT2D eigenvalue weighted by atomic mass is 9.91. The summed E-state index contributed by atoms with van der Waals surface area (Å²) < 4.78 is 10.9. The first kappa shape index (κ1) is 16.7. The fraction of sp³-hybridized carbons (Fsp3) is 0.500. The van der Waals surface area contributed by atoms with E-state index in [4.69, 9.17) is 9.47 Å². The van der Waals surface area contributed by atoms with Gasteiger partial charge in [0.05, 0.1) is 18.8 Å². The largest absolute Gasteiger partial charge is 0.490 e. The number of ketones is 1. The maximum absolute atomic E-state index is 12.8. The van der Waals surface area contributed by atoms with Crippen molar-refractivity contribution < 1.29 is 14.3 Å². The maximum atomic E-state index is 12.8. The molecule has 1 aromatic rings. The number of carbonyl (C=O) groups is 1. The smallest absolute Gasteiger partial charge is 0.182 e. The van der Waals surface area contributed by atoms with E-state index in [1.807, 2.05) is 57.2 Å². The number of morpholine rings is 1. The van der Waals surface area contributed by atoms with Gasteiger partial charge in [0.25, 0.3) is 0 Å². The van der Waals surface area contributed by atoms with Crippen LogP contribution in [0.15, 0.2) is 36.4 Å². The predicted octanol–water partition coefficient (Wildman–Crippen LogP) is 2.94. The Kier molecular flexibility index (Phi) is 5.75. The molecule has 0 bridgehead atoms. The molecule has 22 heavy (non-hydrogen) atoms. The second-order valence-electron chi connectivity index (χ2n) is 5.89. The number of rotatable bonds is 6. The summed E-state index contributed by atoms with van der Waals surface area (Å²) in [5.41, 5.74) is 0.201. The molecule has 1 fully saturated rings. The molecule has 4 heteroatoms. The molecule has 0 saturated carbocycles. The molecule has 1 aromatic carbocycles. The zero-order chi connectivity index (χ0) is 16.0. The van der Waals surface area contributed by atoms with Crippen LogP contribution in [-0.2, 0) is 4.74 Å². The van der Waals surface area contributed by atoms with Gasteiger partial charge in [0, 0.05) is 18.7 Å². The summed E-state index contributed by atoms with van der Waals surface area (Å²) in [4.78, 5) is 15.0. The summed E-state index contributed by atoms with van der Waals surface area (Å²) in [5.74, 6) is 0.910. The van der Waals surface area contributed by atoms with E-state index in [0.29, 0.717) is 19.8 Å². The second-order valence-corrected chi connectivity index (χ2v) is 5.89. The molecule has 0 unspecified atom stereocenters. The summed E-state index contributed by atoms with van der Waals surface area (Å²) in [5, 5.41) is 0. The highest BCUT2D eigenvalue weighted by molar-refractivity contribution is 6.02. The van der Waals surface area contributed by atoms with E-state index in [1.54, 1.807) is 0 Å². The van der Waals surface area contributed by atoms with Gasteiger partial charge in [-0.15, -0.1) is 0 Å². The number of ether oxygens (including phenoxy) is 2. The Bertz CT molecular complexity index is 514. The number of hydrogen-bond donors (Lipinski definition) is 0. The molecule has 0 amide bonds. The summed E-state index contributed by atoms with van der Waals surface area (Å²) in [7, 11) is 0. The highest BCUT2D eigenvalue weighted by atomic mass is 16.5. The third-order valence-corrected chi connectivity index (χ3v) is 4.06. The molecule has 0 radical (unpaired) electrons. The summed E-state index contributed by atoms with van der Waals surface area (Å²) >= 11 is 0. The van der Waals surface area contributed by atoms with Gasteiger partial charge in [-0.25, -0.2) is 0 Å². The monoisotopic (exact) mass is 303 g/mol. The van der Waals surface area contributed by atoms with Crippen molar-refractivity contribution in [2.75, 3.05) is 32.9 Å². The van der Waals surface area contributed by atoms with Gasteiger partial charge < -0.3 is 9.47 Å². The van der Waals surface area contributed by atoms with Crippen molar-refractivity contribution in [1.29, 1.82) is 0 Å². The Hall–Kier alpha value is -1.65. The molecule has 0 atom stereocenters. The molecule has 0 N–H and O–H groups in total. The Balaban J connectivity index is 2.04. The number of carbonyl (C=O) groups excluding carboxylic acids is 1. The normalized spacial score (nSPS) is 16.9. The Morgan fingerprint density at radius 2 is 1.91 bits per heavy atom. The van der Waals surface area contributed by atoms with Gasteiger partial charge >= 0.3 is 0 Å². The molecule has 1 saturated heterocycles. The average molecular weight is 303 g/mol. The highest BCUT2D eigenvalue weighted by Crippen LogP contribution is 2.23. The van der Waals surface area contributed by atoms with Gasteiger partial charge in [-0.3, -0.25) is 9.69 Å². The van der Waals surface area contributed by atoms with E-state index in [0.717, 1.165) is 24.4 Å². The molecule has 1 heterocycles. The fourth-order valence-electron chi connectivity index (χ4n) is 2.56. The first-order valence-corrected chi connectivity index (χ1v) is 7.77. The van der Waals surface area contributed by atoms with E-state index in [1.165, 1.54) is 0 Å². The molecule has 4 nitrogen and oxygen atoms in total. The number of allylic oxidation sites excluding steroid dienone is 1. The lowest BCUT2D eigenvalue weighted by Gasteiger charge is -2.39. The van der Waals surface area contributed by atoms with Gasteiger partial charge in [0.2, 0.25) is 0 Å². The van der Waals surface area contributed by atoms with Gasteiger partial charge in [0.1, 0.15) is 12.4 Å². The standard InChI is InChI=1S/C18H25NO3/c1-4-5-12-22-16-8-6-15(7-9-16)17(20)18(2,3)19-10-13-21-14-11-19/h4-9H,10-14H2,1-3H3/b5-4+. The van der Waals surface area contributed by atoms with Crippen molar-refractivity contribution in [2.24, 2.45) is 0 Å². The first-order chi connectivity index (χ1) is 10.6. The van der Waals surface area contributed by atoms with Crippen molar-refractivity contribution in [3.8, 4) is 5.75 Å². The van der Waals surface area contributed by atoms with Crippen LogP contribution < -0.4 is 4.74 Å². The van der Waals surface area contributed by atoms with Crippen molar-refractivity contribution >= 4 is 5.78 Å². The number of benzene rings is 1. The SMILES string of the molecule is C/C=C/COc1ccc(C(=O)C(C)(C)N2CCOCC2)cc1. The van der Waals surface area contributed by atoms with Crippen molar-refractivity contribution in [3.05, 3.63) is 42.0 Å². The lowest BCUT2D eigenvalue weighted by Crippen LogP contribution is -2.54. The van der Waals surface area contributed by atoms with Crippen LogP contribution in [0.1, 0.15) is 31.1 Å². The van der Waals surface area contributed by atoms with Gasteiger partial charge in [-0.1, -0.05) is 12.2 Å². The van der Waals surface area contributed by atoms with E-state index in [9.17, 15) is 4.79 Å². The highest BCUT2D eigenvalue weighted by Gasteiger charge is 2.35. The predicted molar refractivity (Wildman–Crippen MR) is 87.6 cm³/mol. The number of Topliss-reactive ketones (excluding diaryl/α,β-unsaturated/α-hetero) is 1. The Labute approximate surface area is 132 Å². The molecule has 120 valence electrons. The third kappa shape index (κ3) is 3.96. The Morgan fingerprint density at radius 3 is 2.50 bits per heavy atom. The van der Waals surface area contributed by atoms with E-state index < -0.39 is 5.54 Å². The first-order valence-electron chi connectivity index (χ1n) is 7.77. The zero-order valence-corrected chi connectivity index (χ0v) is 13.7. The third-order valence-electron chi connectivity index (χ3n) is 4.06. The van der Waals surface area contributed by atoms with Crippen LogP contribution in [0.3, 0.4) is 0 Å². The molecular formula is C18H25NO3. The van der Waals surface area contributed by atoms with Crippen LogP contribution in [0.5, 0.6) is 5.75 Å². The van der Waals surface area contributed by atoms with Gasteiger partial charge in [-0.2, -0.15) is 0 Å². The summed E-state index contributed by atoms with van der Waals surface area (Å²) in [6.07, 6.45) is 3.89. The number of hydrogen-bond acceptors (Lipinski definition) is 4. The van der Waals surface area contributed by atoms with Crippen LogP contribution in [-0.4, -0.2) is 49.1 Å². The van der Waals surface area contributed by atoms with Crippen molar-refractivity contribution in [2.45, 2.75) is 26.3 Å². The van der Waals surface area contributed by atoms with Crippen LogP contribution in [0, 0.1) is 0 Å². The lowest BCUT2D eigenvalue weighted by molar-refractivity contribution is -0.00429. The van der Waals surface area contributed by atoms with E-state index in [-0.39, 0.29) is 5.78 Å². The van der Waals surface area contributed by atoms with Crippen LogP contribution in [0.4, 0.5) is 0 Å². The average Bonchev–Trinajstić information content (AvgIpc) is 2.56. The van der Waals surface area contributed by atoms with Gasteiger partial charge in [-0.05, 0) is 45.0 Å². The molecule has 1 aliphatic heterocycles. The molecule has 0 aromatic heterocycles. The van der Waals surface area contributed by atoms with Gasteiger partial charge in [0.15, 0.2) is 5.78 Å². The molecule has 2 rings (SSSR count). The quantitative estimate of drug-likeness (QED) is 0.598. The summed E-state index contributed by atoms with van der Waals surface area (Å²) in [6, 6.07) is 7.39. The Morgan fingerprint density at radius 1 is 1.27 bits per heavy atom. The summed E-state index contributed by atoms with van der Waals surface area (Å²) in [6.45, 7) is 9.44. The minimum absolute atomic E-state index is 0.134. The molecule has 0 aliphatic carbocycles. The molecule has 0 spiro atoms. The van der Waals surface area contributed by atoms with E-state index in [2.05, 4.69) is 4.90 Å². The number of nitrogens with zero attached hydrogens (tertiary/aromatic N) is 1. The minimum atomic E-state index is -0.517. The topological polar surface area (TPSA) is 38.8 Å². The second kappa shape index (κ2) is 7.56. The maximum Gasteiger partial charge on any atom is 0.182 e. The fourth-order valence-corrected chi connectivity index (χ4v) is 2.56. The van der Waals surface area contributed by atoms with Crippen LogP contribution >= 0.6 is 0 Å². The minimum Gasteiger partial charge on any atom is -0.490 e. The molecular weight excluding hydrogens is 278 g/mol. The van der Waals surface area contributed by atoms with Crippen molar-refractivity contribution in [3.63, 3.8) is 0 Å². The van der Waals surface area contributed by atoms with Crippen molar-refractivity contribution in [1.82, 2.24) is 4.90 Å². The molecule has 1 aliphatic rings. The van der Waals surface area contributed by atoms with Crippen LogP contribution in [0.25, 0.3) is 0 Å². The van der Waals surface area contributed by atoms with E-state index >= 15 is 0 Å². The zero-order valence-electron chi connectivity index (χ0n) is 13.7. The van der Waals surface area contributed by atoms with Crippen LogP contribution in [0.2, 0.25) is 0 Å².